The standard InChI is InChI=1S/C12H22N2O5/c1-4-6-7-14(5-2)12(18)13-9(11(16)17)8-10(15)19-3/h9H,4-8H2,1-3H3,(H,13,18)(H,16,17)/t9-/m0/s1. The van der Waals surface area contributed by atoms with Gasteiger partial charge in [0.2, 0.25) is 0 Å². The van der Waals surface area contributed by atoms with Crippen LogP contribution >= 0.6 is 0 Å². The van der Waals surface area contributed by atoms with E-state index in [2.05, 4.69) is 10.1 Å². The van der Waals surface area contributed by atoms with Crippen LogP contribution in [0.3, 0.4) is 0 Å². The normalized spacial score (nSPS) is 11.5. The Hall–Kier alpha value is -1.79. The van der Waals surface area contributed by atoms with Crippen LogP contribution in [0.1, 0.15) is 33.1 Å². The van der Waals surface area contributed by atoms with E-state index in [1.54, 1.807) is 0 Å². The van der Waals surface area contributed by atoms with Gasteiger partial charge in [0.15, 0.2) is 0 Å². The Morgan fingerprint density at radius 3 is 2.37 bits per heavy atom. The van der Waals surface area contributed by atoms with Crippen molar-refractivity contribution in [2.45, 2.75) is 39.2 Å². The molecule has 0 aliphatic carbocycles. The van der Waals surface area contributed by atoms with E-state index in [1.807, 2.05) is 13.8 Å². The van der Waals surface area contributed by atoms with Crippen LogP contribution in [0.5, 0.6) is 0 Å². The molecule has 7 nitrogen and oxygen atoms in total. The van der Waals surface area contributed by atoms with Crippen molar-refractivity contribution in [1.82, 2.24) is 10.2 Å². The summed E-state index contributed by atoms with van der Waals surface area (Å²) >= 11 is 0. The number of carboxylic acid groups (broad SMARTS) is 1. The first-order valence-corrected chi connectivity index (χ1v) is 6.31. The monoisotopic (exact) mass is 274 g/mol. The molecular formula is C12H22N2O5. The number of carbonyl (C=O) groups is 3. The second-order valence-electron chi connectivity index (χ2n) is 4.05. The van der Waals surface area contributed by atoms with Crippen molar-refractivity contribution in [2.24, 2.45) is 0 Å². The third-order valence-electron chi connectivity index (χ3n) is 2.64. The fraction of sp³-hybridized carbons (Fsp3) is 0.750. The Bertz CT molecular complexity index is 319. The molecule has 0 bridgehead atoms. The molecule has 0 aliphatic heterocycles. The molecule has 0 saturated heterocycles. The molecule has 0 fully saturated rings. The number of aliphatic carboxylic acids is 1. The maximum absolute atomic E-state index is 11.9. The highest BCUT2D eigenvalue weighted by Gasteiger charge is 2.25. The van der Waals surface area contributed by atoms with E-state index in [4.69, 9.17) is 5.11 Å². The molecule has 19 heavy (non-hydrogen) atoms. The van der Waals surface area contributed by atoms with Gasteiger partial charge in [-0.3, -0.25) is 4.79 Å². The Balaban J connectivity index is 4.51. The van der Waals surface area contributed by atoms with Crippen molar-refractivity contribution >= 4 is 18.0 Å². The quantitative estimate of drug-likeness (QED) is 0.639. The number of esters is 1. The molecular weight excluding hydrogens is 252 g/mol. The van der Waals surface area contributed by atoms with Crippen molar-refractivity contribution in [2.75, 3.05) is 20.2 Å². The Labute approximate surface area is 112 Å². The minimum absolute atomic E-state index is 0.386. The number of carbonyl (C=O) groups excluding carboxylic acids is 2. The van der Waals surface area contributed by atoms with Crippen LogP contribution in [-0.2, 0) is 14.3 Å². The number of hydrogen-bond donors (Lipinski definition) is 2. The van der Waals surface area contributed by atoms with Gasteiger partial charge in [0.05, 0.1) is 13.5 Å². The van der Waals surface area contributed by atoms with E-state index < -0.39 is 24.0 Å². The summed E-state index contributed by atoms with van der Waals surface area (Å²) < 4.78 is 4.40. The van der Waals surface area contributed by atoms with Gasteiger partial charge in [0, 0.05) is 13.1 Å². The summed E-state index contributed by atoms with van der Waals surface area (Å²) in [7, 11) is 1.17. The van der Waals surface area contributed by atoms with Crippen LogP contribution in [0.4, 0.5) is 4.79 Å². The third-order valence-corrected chi connectivity index (χ3v) is 2.64. The maximum atomic E-state index is 11.9. The van der Waals surface area contributed by atoms with Crippen LogP contribution < -0.4 is 5.32 Å². The molecule has 110 valence electrons. The summed E-state index contributed by atoms with van der Waals surface area (Å²) in [5, 5.41) is 11.3. The second kappa shape index (κ2) is 9.18. The zero-order valence-electron chi connectivity index (χ0n) is 11.6. The Kier molecular flexibility index (Phi) is 8.32. The highest BCUT2D eigenvalue weighted by Crippen LogP contribution is 2.00. The van der Waals surface area contributed by atoms with E-state index in [9.17, 15) is 14.4 Å². The smallest absolute Gasteiger partial charge is 0.326 e. The first-order valence-electron chi connectivity index (χ1n) is 6.31. The zero-order chi connectivity index (χ0) is 14.8. The number of ether oxygens (including phenoxy) is 1. The van der Waals surface area contributed by atoms with Crippen LogP contribution in [0.15, 0.2) is 0 Å². The van der Waals surface area contributed by atoms with Gasteiger partial charge in [-0.1, -0.05) is 13.3 Å². The number of amides is 2. The third kappa shape index (κ3) is 6.64. The first-order chi connectivity index (χ1) is 8.96. The number of methoxy groups -OCH3 is 1. The van der Waals surface area contributed by atoms with E-state index in [0.717, 1.165) is 12.8 Å². The molecule has 0 aromatic carbocycles. The van der Waals surface area contributed by atoms with E-state index in [-0.39, 0.29) is 6.42 Å². The molecule has 0 aromatic rings. The fourth-order valence-corrected chi connectivity index (χ4v) is 1.44. The summed E-state index contributed by atoms with van der Waals surface area (Å²) in [6.45, 7) is 4.86. The van der Waals surface area contributed by atoms with Crippen molar-refractivity contribution in [3.8, 4) is 0 Å². The Morgan fingerprint density at radius 2 is 1.95 bits per heavy atom. The molecule has 2 amide bonds. The van der Waals surface area contributed by atoms with Crippen LogP contribution in [0.25, 0.3) is 0 Å². The summed E-state index contributed by atoms with van der Waals surface area (Å²) in [6, 6.07) is -1.75. The first kappa shape index (κ1) is 17.2. The molecule has 0 radical (unpaired) electrons. The average Bonchev–Trinajstić information content (AvgIpc) is 2.38. The minimum atomic E-state index is -1.27. The van der Waals surface area contributed by atoms with Crippen LogP contribution in [0, 0.1) is 0 Å². The molecule has 0 saturated carbocycles. The second-order valence-corrected chi connectivity index (χ2v) is 4.05. The number of nitrogens with one attached hydrogen (secondary N) is 1. The number of nitrogens with zero attached hydrogens (tertiary/aromatic N) is 1. The van der Waals surface area contributed by atoms with Crippen molar-refractivity contribution < 1.29 is 24.2 Å². The predicted octanol–water partition coefficient (Wildman–Crippen LogP) is 0.834. The van der Waals surface area contributed by atoms with Gasteiger partial charge >= 0.3 is 18.0 Å². The summed E-state index contributed by atoms with van der Waals surface area (Å²) in [5.74, 6) is -1.94. The molecule has 0 rings (SSSR count). The molecule has 0 spiro atoms. The molecule has 7 heteroatoms. The number of unbranched alkanes of at least 4 members (excludes halogenated alkanes) is 1. The van der Waals surface area contributed by atoms with Gasteiger partial charge in [-0.2, -0.15) is 0 Å². The van der Waals surface area contributed by atoms with E-state index in [1.165, 1.54) is 12.0 Å². The zero-order valence-corrected chi connectivity index (χ0v) is 11.6. The molecule has 1 atom stereocenters. The molecule has 2 N–H and O–H groups in total. The predicted molar refractivity (Wildman–Crippen MR) is 68.7 cm³/mol. The summed E-state index contributed by atoms with van der Waals surface area (Å²) in [5.41, 5.74) is 0. The molecule has 0 aromatic heterocycles. The van der Waals surface area contributed by atoms with Gasteiger partial charge in [-0.25, -0.2) is 9.59 Å². The number of carboxylic acids is 1. The molecule has 0 heterocycles. The lowest BCUT2D eigenvalue weighted by Crippen LogP contribution is -2.49. The van der Waals surface area contributed by atoms with Gasteiger partial charge in [-0.05, 0) is 13.3 Å². The topological polar surface area (TPSA) is 95.9 Å². The van der Waals surface area contributed by atoms with E-state index >= 15 is 0 Å². The van der Waals surface area contributed by atoms with Crippen molar-refractivity contribution in [3.63, 3.8) is 0 Å². The fourth-order valence-electron chi connectivity index (χ4n) is 1.44. The number of urea groups is 1. The Morgan fingerprint density at radius 1 is 1.32 bits per heavy atom. The summed E-state index contributed by atoms with van der Waals surface area (Å²) in [6.07, 6.45) is 1.40. The van der Waals surface area contributed by atoms with Gasteiger partial charge in [0.1, 0.15) is 6.04 Å². The lowest BCUT2D eigenvalue weighted by molar-refractivity contribution is -0.147. The average molecular weight is 274 g/mol. The SMILES string of the molecule is CCCCN(CC)C(=O)N[C@@H](CC(=O)OC)C(=O)O. The van der Waals surface area contributed by atoms with Gasteiger partial charge in [-0.15, -0.1) is 0 Å². The minimum Gasteiger partial charge on any atom is -0.480 e. The molecule has 0 unspecified atom stereocenters. The number of rotatable bonds is 8. The highest BCUT2D eigenvalue weighted by molar-refractivity contribution is 5.86. The lowest BCUT2D eigenvalue weighted by atomic mass is 10.2. The lowest BCUT2D eigenvalue weighted by Gasteiger charge is -2.23. The maximum Gasteiger partial charge on any atom is 0.326 e. The van der Waals surface area contributed by atoms with Crippen LogP contribution in [0.2, 0.25) is 0 Å². The largest absolute Gasteiger partial charge is 0.480 e. The van der Waals surface area contributed by atoms with Gasteiger partial charge in [0.25, 0.3) is 0 Å². The van der Waals surface area contributed by atoms with Crippen LogP contribution in [-0.4, -0.2) is 54.2 Å². The van der Waals surface area contributed by atoms with E-state index in [0.29, 0.717) is 13.1 Å². The van der Waals surface area contributed by atoms with Crippen molar-refractivity contribution in [3.05, 3.63) is 0 Å². The van der Waals surface area contributed by atoms with Gasteiger partial charge < -0.3 is 20.1 Å². The molecule has 0 aliphatic rings. The highest BCUT2D eigenvalue weighted by atomic mass is 16.5. The number of hydrogen-bond acceptors (Lipinski definition) is 4. The summed E-state index contributed by atoms with van der Waals surface area (Å²) in [4.78, 5) is 35.4. The van der Waals surface area contributed by atoms with Crippen molar-refractivity contribution in [1.29, 1.82) is 0 Å².